The van der Waals surface area contributed by atoms with Crippen LogP contribution in [0.25, 0.3) is 0 Å². The lowest BCUT2D eigenvalue weighted by Crippen LogP contribution is -2.61. The molecule has 14 nitrogen and oxygen atoms in total. The van der Waals surface area contributed by atoms with Crippen LogP contribution in [0.5, 0.6) is 0 Å². The number of anilines is 1. The summed E-state index contributed by atoms with van der Waals surface area (Å²) in [5, 5.41) is 2.35. The predicted molar refractivity (Wildman–Crippen MR) is 110 cm³/mol. The molecule has 0 saturated carbocycles. The molecular weight excluding hydrogens is 458 g/mol. The Morgan fingerprint density at radius 3 is 1.97 bits per heavy atom. The summed E-state index contributed by atoms with van der Waals surface area (Å²) in [5.41, 5.74) is -0.910. The zero-order valence-corrected chi connectivity index (χ0v) is 19.1. The number of esters is 4. The highest BCUT2D eigenvalue weighted by Crippen LogP contribution is 2.34. The van der Waals surface area contributed by atoms with E-state index in [0.717, 1.165) is 32.3 Å². The lowest BCUT2D eigenvalue weighted by molar-refractivity contribution is -0.269. The van der Waals surface area contributed by atoms with E-state index in [0.29, 0.717) is 0 Å². The van der Waals surface area contributed by atoms with Crippen LogP contribution in [0.1, 0.15) is 40.8 Å². The number of carbonyl (C=O) groups is 5. The van der Waals surface area contributed by atoms with Crippen molar-refractivity contribution in [1.29, 1.82) is 0 Å². The van der Waals surface area contributed by atoms with Gasteiger partial charge in [-0.1, -0.05) is 0 Å². The van der Waals surface area contributed by atoms with E-state index in [4.69, 9.17) is 23.7 Å². The van der Waals surface area contributed by atoms with Crippen LogP contribution in [-0.4, -0.2) is 70.4 Å². The molecule has 0 radical (unpaired) electrons. The van der Waals surface area contributed by atoms with Crippen molar-refractivity contribution < 1.29 is 47.7 Å². The van der Waals surface area contributed by atoms with Gasteiger partial charge in [-0.15, -0.1) is 0 Å². The number of ether oxygens (including phenoxy) is 5. The van der Waals surface area contributed by atoms with Crippen molar-refractivity contribution in [3.05, 3.63) is 22.7 Å². The molecule has 186 valence electrons. The number of rotatable bonds is 7. The van der Waals surface area contributed by atoms with Gasteiger partial charge in [0.25, 0.3) is 0 Å². The number of nitrogens with zero attached hydrogens (tertiary/aromatic N) is 2. The molecule has 1 aliphatic heterocycles. The van der Waals surface area contributed by atoms with Gasteiger partial charge in [-0.25, -0.2) is 4.79 Å². The van der Waals surface area contributed by atoms with Crippen LogP contribution in [0, 0.1) is 0 Å². The van der Waals surface area contributed by atoms with Crippen LogP contribution >= 0.6 is 0 Å². The molecule has 0 aromatic carbocycles. The van der Waals surface area contributed by atoms with Gasteiger partial charge in [0, 0.05) is 40.8 Å². The summed E-state index contributed by atoms with van der Waals surface area (Å²) < 4.78 is 27.7. The monoisotopic (exact) mass is 483 g/mol. The summed E-state index contributed by atoms with van der Waals surface area (Å²) in [5.74, 6) is -3.58. The summed E-state index contributed by atoms with van der Waals surface area (Å²) in [6.45, 7) is 5.18. The van der Waals surface area contributed by atoms with Crippen LogP contribution in [-0.2, 0) is 47.7 Å². The SMILES string of the molecule is CC(=O)Nc1ccn([C@@H]2O[C@@H](COC(C)=O)[C@@H](OC(C)=O)[C@@H](OC(C)=O)[C@H]2OC(C)=O)c(=O)n1. The first kappa shape index (κ1) is 26.4. The third-order valence-electron chi connectivity index (χ3n) is 4.37. The Labute approximate surface area is 193 Å². The van der Waals surface area contributed by atoms with Crippen molar-refractivity contribution in [3.8, 4) is 0 Å². The van der Waals surface area contributed by atoms with Crippen LogP contribution in [0.4, 0.5) is 5.82 Å². The highest BCUT2D eigenvalue weighted by molar-refractivity contribution is 5.87. The van der Waals surface area contributed by atoms with Gasteiger partial charge in [0.1, 0.15) is 18.5 Å². The number of nitrogens with one attached hydrogen (secondary N) is 1. The molecular formula is C20H25N3O11. The van der Waals surface area contributed by atoms with E-state index in [1.807, 2.05) is 0 Å². The molecule has 1 fully saturated rings. The quantitative estimate of drug-likeness (QED) is 0.387. The van der Waals surface area contributed by atoms with E-state index in [9.17, 15) is 28.8 Å². The summed E-state index contributed by atoms with van der Waals surface area (Å²) in [4.78, 5) is 74.5. The molecule has 1 N–H and O–H groups in total. The number of hydrogen-bond acceptors (Lipinski definition) is 12. The van der Waals surface area contributed by atoms with Crippen molar-refractivity contribution in [2.45, 2.75) is 65.3 Å². The third-order valence-corrected chi connectivity index (χ3v) is 4.37. The van der Waals surface area contributed by atoms with Gasteiger partial charge in [-0.3, -0.25) is 28.5 Å². The fourth-order valence-corrected chi connectivity index (χ4v) is 3.29. The zero-order valence-electron chi connectivity index (χ0n) is 19.1. The van der Waals surface area contributed by atoms with Gasteiger partial charge < -0.3 is 29.0 Å². The Morgan fingerprint density at radius 1 is 0.912 bits per heavy atom. The Hall–Kier alpha value is -3.81. The van der Waals surface area contributed by atoms with E-state index in [1.165, 1.54) is 19.2 Å². The zero-order chi connectivity index (χ0) is 25.6. The second-order valence-electron chi connectivity index (χ2n) is 7.27. The van der Waals surface area contributed by atoms with Crippen molar-refractivity contribution >= 4 is 35.6 Å². The molecule has 1 saturated heterocycles. The fraction of sp³-hybridized carbons (Fsp3) is 0.550. The summed E-state index contributed by atoms with van der Waals surface area (Å²) in [7, 11) is 0. The van der Waals surface area contributed by atoms with Gasteiger partial charge in [0.2, 0.25) is 5.91 Å². The molecule has 14 heteroatoms. The first-order valence-electron chi connectivity index (χ1n) is 10.1. The van der Waals surface area contributed by atoms with Crippen molar-refractivity contribution in [2.75, 3.05) is 11.9 Å². The smallest absolute Gasteiger partial charge is 0.351 e. The Morgan fingerprint density at radius 2 is 1.47 bits per heavy atom. The van der Waals surface area contributed by atoms with Gasteiger partial charge >= 0.3 is 29.6 Å². The number of aromatic nitrogens is 2. The van der Waals surface area contributed by atoms with Crippen molar-refractivity contribution in [3.63, 3.8) is 0 Å². The minimum Gasteiger partial charge on any atom is -0.463 e. The van der Waals surface area contributed by atoms with E-state index < -0.39 is 72.7 Å². The van der Waals surface area contributed by atoms with Gasteiger partial charge in [-0.05, 0) is 6.07 Å². The van der Waals surface area contributed by atoms with Crippen LogP contribution in [0.15, 0.2) is 17.1 Å². The first-order chi connectivity index (χ1) is 15.9. The van der Waals surface area contributed by atoms with E-state index >= 15 is 0 Å². The molecule has 0 bridgehead atoms. The van der Waals surface area contributed by atoms with Crippen molar-refractivity contribution in [2.24, 2.45) is 0 Å². The number of amides is 1. The topological polar surface area (TPSA) is 178 Å². The standard InChI is InChI=1S/C20H25N3O11/c1-9(24)21-15-6-7-23(20(29)22-15)19-18(33-13(5)28)17(32-12(4)27)16(31-11(3)26)14(34-19)8-30-10(2)25/h6-7,14,16-19H,8H2,1-5H3,(H,21,22,24,29)/t14-,16+,17+,18+,19+/m0/s1. The molecule has 0 unspecified atom stereocenters. The van der Waals surface area contributed by atoms with Crippen LogP contribution in [0.3, 0.4) is 0 Å². The molecule has 0 spiro atoms. The second-order valence-corrected chi connectivity index (χ2v) is 7.27. The van der Waals surface area contributed by atoms with E-state index in [-0.39, 0.29) is 5.82 Å². The number of carbonyl (C=O) groups excluding carboxylic acids is 5. The molecule has 2 rings (SSSR count). The molecule has 0 aliphatic carbocycles. The normalized spacial score (nSPS) is 23.9. The van der Waals surface area contributed by atoms with E-state index in [2.05, 4.69) is 10.3 Å². The van der Waals surface area contributed by atoms with Gasteiger partial charge in [0.15, 0.2) is 24.5 Å². The lowest BCUT2D eigenvalue weighted by atomic mass is 9.97. The Balaban J connectivity index is 2.59. The van der Waals surface area contributed by atoms with Crippen LogP contribution in [0.2, 0.25) is 0 Å². The molecule has 1 aromatic heterocycles. The minimum absolute atomic E-state index is 0.0422. The summed E-state index contributed by atoms with van der Waals surface area (Å²) in [6.07, 6.45) is -5.72. The second kappa shape index (κ2) is 11.4. The van der Waals surface area contributed by atoms with Crippen LogP contribution < -0.4 is 11.0 Å². The average Bonchev–Trinajstić information content (AvgIpc) is 2.68. The summed E-state index contributed by atoms with van der Waals surface area (Å²) in [6, 6.07) is 1.29. The fourth-order valence-electron chi connectivity index (χ4n) is 3.29. The summed E-state index contributed by atoms with van der Waals surface area (Å²) >= 11 is 0. The molecule has 34 heavy (non-hydrogen) atoms. The first-order valence-corrected chi connectivity index (χ1v) is 10.1. The lowest BCUT2D eigenvalue weighted by Gasteiger charge is -2.44. The van der Waals surface area contributed by atoms with Gasteiger partial charge in [0.05, 0.1) is 0 Å². The maximum Gasteiger partial charge on any atom is 0.351 e. The average molecular weight is 483 g/mol. The molecule has 1 aromatic rings. The molecule has 1 aliphatic rings. The van der Waals surface area contributed by atoms with Crippen molar-refractivity contribution in [1.82, 2.24) is 9.55 Å². The predicted octanol–water partition coefficient (Wildman–Crippen LogP) is -0.543. The number of hydrogen-bond donors (Lipinski definition) is 1. The Bertz CT molecular complexity index is 1020. The molecule has 5 atom stereocenters. The third kappa shape index (κ3) is 7.10. The molecule has 2 heterocycles. The van der Waals surface area contributed by atoms with Gasteiger partial charge in [-0.2, -0.15) is 4.98 Å². The highest BCUT2D eigenvalue weighted by Gasteiger charge is 2.53. The minimum atomic E-state index is -1.47. The maximum absolute atomic E-state index is 12.7. The Kier molecular flexibility index (Phi) is 8.83. The highest BCUT2D eigenvalue weighted by atomic mass is 16.7. The maximum atomic E-state index is 12.7. The van der Waals surface area contributed by atoms with E-state index in [1.54, 1.807) is 0 Å². The molecule has 1 amide bonds. The largest absolute Gasteiger partial charge is 0.463 e.